The molecule has 0 unspecified atom stereocenters. The van der Waals surface area contributed by atoms with Crippen LogP contribution in [0.5, 0.6) is 5.75 Å². The Labute approximate surface area is 115 Å². The fourth-order valence-corrected chi connectivity index (χ4v) is 2.80. The van der Waals surface area contributed by atoms with E-state index in [9.17, 15) is 0 Å². The first kappa shape index (κ1) is 12.7. The number of nitrogens with one attached hydrogen (secondary N) is 1. The second kappa shape index (κ2) is 5.79. The van der Waals surface area contributed by atoms with Gasteiger partial charge in [-0.15, -0.1) is 0 Å². The van der Waals surface area contributed by atoms with Crippen molar-refractivity contribution in [3.8, 4) is 5.75 Å². The maximum absolute atomic E-state index is 5.71. The first-order valence-electron chi connectivity index (χ1n) is 7.43. The van der Waals surface area contributed by atoms with Gasteiger partial charge in [0, 0.05) is 18.2 Å². The molecule has 2 saturated carbocycles. The molecule has 2 aliphatic rings. The lowest BCUT2D eigenvalue weighted by Crippen LogP contribution is -2.32. The number of hydrogen-bond acceptors (Lipinski definition) is 2. The minimum atomic E-state index is 0.575. The number of rotatable bonds is 8. The van der Waals surface area contributed by atoms with Crippen molar-refractivity contribution in [3.63, 3.8) is 0 Å². The third kappa shape index (κ3) is 3.38. The summed E-state index contributed by atoms with van der Waals surface area (Å²) in [4.78, 5) is 0. The van der Waals surface area contributed by atoms with Gasteiger partial charge >= 0.3 is 0 Å². The zero-order valence-corrected chi connectivity index (χ0v) is 11.5. The molecule has 2 fully saturated rings. The van der Waals surface area contributed by atoms with Crippen molar-refractivity contribution in [2.75, 3.05) is 6.61 Å². The van der Waals surface area contributed by atoms with Crippen molar-refractivity contribution in [1.29, 1.82) is 0 Å². The van der Waals surface area contributed by atoms with Crippen LogP contribution in [-0.4, -0.2) is 12.6 Å². The quantitative estimate of drug-likeness (QED) is 0.719. The highest BCUT2D eigenvalue weighted by Gasteiger charge is 2.40. The van der Waals surface area contributed by atoms with Crippen molar-refractivity contribution in [2.24, 2.45) is 11.8 Å². The normalized spacial score (nSPS) is 18.6. The van der Waals surface area contributed by atoms with Gasteiger partial charge in [-0.2, -0.15) is 0 Å². The molecule has 0 amide bonds. The standard InChI is InChI=1S/C17H23NO/c1-2-11-19-16-6-4-3-5-15(16)12-18-17(13-7-8-13)14-9-10-14/h2-6,13-14,17-18H,1,7-12H2. The molecular formula is C17H23NO. The number of hydrogen-bond donors (Lipinski definition) is 1. The third-order valence-electron chi connectivity index (χ3n) is 4.12. The van der Waals surface area contributed by atoms with Crippen LogP contribution in [0.2, 0.25) is 0 Å². The fourth-order valence-electron chi connectivity index (χ4n) is 2.80. The van der Waals surface area contributed by atoms with Gasteiger partial charge in [0.1, 0.15) is 12.4 Å². The van der Waals surface area contributed by atoms with Crippen molar-refractivity contribution < 1.29 is 4.74 Å². The number of ether oxygens (including phenoxy) is 1. The van der Waals surface area contributed by atoms with E-state index in [2.05, 4.69) is 24.0 Å². The van der Waals surface area contributed by atoms with Crippen LogP contribution in [0, 0.1) is 11.8 Å². The third-order valence-corrected chi connectivity index (χ3v) is 4.12. The van der Waals surface area contributed by atoms with E-state index >= 15 is 0 Å². The predicted molar refractivity (Wildman–Crippen MR) is 78.2 cm³/mol. The van der Waals surface area contributed by atoms with Crippen molar-refractivity contribution in [2.45, 2.75) is 38.3 Å². The Balaban J connectivity index is 1.60. The maximum atomic E-state index is 5.71. The Morgan fingerprint density at radius 1 is 1.21 bits per heavy atom. The van der Waals surface area contributed by atoms with Crippen LogP contribution in [0.3, 0.4) is 0 Å². The summed E-state index contributed by atoms with van der Waals surface area (Å²) in [7, 11) is 0. The Kier molecular flexibility index (Phi) is 3.88. The first-order valence-corrected chi connectivity index (χ1v) is 7.43. The Hall–Kier alpha value is -1.28. The summed E-state index contributed by atoms with van der Waals surface area (Å²) in [5.41, 5.74) is 1.26. The average molecular weight is 257 g/mol. The molecule has 1 aromatic carbocycles. The molecule has 0 saturated heterocycles. The molecule has 19 heavy (non-hydrogen) atoms. The Morgan fingerprint density at radius 2 is 1.89 bits per heavy atom. The van der Waals surface area contributed by atoms with Gasteiger partial charge in [-0.25, -0.2) is 0 Å². The monoisotopic (exact) mass is 257 g/mol. The lowest BCUT2D eigenvalue weighted by molar-refractivity contribution is 0.353. The summed E-state index contributed by atoms with van der Waals surface area (Å²) >= 11 is 0. The Morgan fingerprint density at radius 3 is 2.53 bits per heavy atom. The van der Waals surface area contributed by atoms with Crippen LogP contribution in [0.25, 0.3) is 0 Å². The summed E-state index contributed by atoms with van der Waals surface area (Å²) in [6, 6.07) is 9.06. The van der Waals surface area contributed by atoms with Gasteiger partial charge in [-0.05, 0) is 43.6 Å². The predicted octanol–water partition coefficient (Wildman–Crippen LogP) is 3.53. The molecule has 0 aromatic heterocycles. The minimum absolute atomic E-state index is 0.575. The molecule has 0 aliphatic heterocycles. The average Bonchev–Trinajstić information content (AvgIpc) is 3.30. The molecule has 2 heteroatoms. The molecule has 0 radical (unpaired) electrons. The molecule has 0 atom stereocenters. The molecule has 1 N–H and O–H groups in total. The van der Waals surface area contributed by atoms with Gasteiger partial charge in [0.15, 0.2) is 0 Å². The summed E-state index contributed by atoms with van der Waals surface area (Å²) in [5.74, 6) is 2.86. The summed E-state index contributed by atoms with van der Waals surface area (Å²) < 4.78 is 5.71. The van der Waals surface area contributed by atoms with Gasteiger partial charge in [-0.1, -0.05) is 30.9 Å². The van der Waals surface area contributed by atoms with Crippen molar-refractivity contribution >= 4 is 0 Å². The van der Waals surface area contributed by atoms with Crippen molar-refractivity contribution in [3.05, 3.63) is 42.5 Å². The van der Waals surface area contributed by atoms with E-state index in [0.717, 1.165) is 30.2 Å². The topological polar surface area (TPSA) is 21.3 Å². The molecular weight excluding hydrogens is 234 g/mol. The maximum Gasteiger partial charge on any atom is 0.124 e. The van der Waals surface area contributed by atoms with Gasteiger partial charge in [0.25, 0.3) is 0 Å². The van der Waals surface area contributed by atoms with Crippen LogP contribution in [0.15, 0.2) is 36.9 Å². The van der Waals surface area contributed by atoms with Crippen LogP contribution in [0.4, 0.5) is 0 Å². The second-order valence-electron chi connectivity index (χ2n) is 5.79. The highest BCUT2D eigenvalue weighted by molar-refractivity contribution is 5.33. The Bertz CT molecular complexity index is 423. The smallest absolute Gasteiger partial charge is 0.124 e. The number of benzene rings is 1. The summed E-state index contributed by atoms with van der Waals surface area (Å²) in [5, 5.41) is 3.77. The van der Waals surface area contributed by atoms with E-state index in [1.807, 2.05) is 12.1 Å². The van der Waals surface area contributed by atoms with Gasteiger partial charge in [0.05, 0.1) is 0 Å². The van der Waals surface area contributed by atoms with E-state index in [4.69, 9.17) is 4.74 Å². The summed E-state index contributed by atoms with van der Waals surface area (Å²) in [6.45, 7) is 5.20. The fraction of sp³-hybridized carbons (Fsp3) is 0.529. The molecule has 0 spiro atoms. The highest BCUT2D eigenvalue weighted by Crippen LogP contribution is 2.44. The second-order valence-corrected chi connectivity index (χ2v) is 5.79. The minimum Gasteiger partial charge on any atom is -0.489 e. The molecule has 0 bridgehead atoms. The van der Waals surface area contributed by atoms with E-state index in [1.54, 1.807) is 6.08 Å². The largest absolute Gasteiger partial charge is 0.489 e. The lowest BCUT2D eigenvalue weighted by atomic mass is 10.1. The van der Waals surface area contributed by atoms with Crippen LogP contribution in [-0.2, 0) is 6.54 Å². The van der Waals surface area contributed by atoms with E-state index in [0.29, 0.717) is 6.61 Å². The SMILES string of the molecule is C=CCOc1ccccc1CNC(C1CC1)C1CC1. The van der Waals surface area contributed by atoms with Crippen LogP contribution < -0.4 is 10.1 Å². The number of para-hydroxylation sites is 1. The zero-order chi connectivity index (χ0) is 13.1. The van der Waals surface area contributed by atoms with Crippen LogP contribution >= 0.6 is 0 Å². The molecule has 0 heterocycles. The molecule has 1 aromatic rings. The van der Waals surface area contributed by atoms with Gasteiger partial charge in [0.2, 0.25) is 0 Å². The van der Waals surface area contributed by atoms with E-state index in [-0.39, 0.29) is 0 Å². The van der Waals surface area contributed by atoms with Gasteiger partial charge < -0.3 is 10.1 Å². The summed E-state index contributed by atoms with van der Waals surface area (Å²) in [6.07, 6.45) is 7.47. The van der Waals surface area contributed by atoms with Crippen molar-refractivity contribution in [1.82, 2.24) is 5.32 Å². The molecule has 2 nitrogen and oxygen atoms in total. The van der Waals surface area contributed by atoms with E-state index < -0.39 is 0 Å². The molecule has 102 valence electrons. The first-order chi connectivity index (χ1) is 9.38. The molecule has 3 rings (SSSR count). The lowest BCUT2D eigenvalue weighted by Gasteiger charge is -2.19. The zero-order valence-electron chi connectivity index (χ0n) is 11.5. The van der Waals surface area contributed by atoms with Crippen LogP contribution in [0.1, 0.15) is 31.2 Å². The highest BCUT2D eigenvalue weighted by atomic mass is 16.5. The van der Waals surface area contributed by atoms with Gasteiger partial charge in [-0.3, -0.25) is 0 Å². The molecule has 2 aliphatic carbocycles. The van der Waals surface area contributed by atoms with E-state index in [1.165, 1.54) is 31.2 Å².